The van der Waals surface area contributed by atoms with Crippen LogP contribution >= 0.6 is 0 Å². The normalized spacial score (nSPS) is 21.5. The Bertz CT molecular complexity index is 551. The monoisotopic (exact) mass is 318 g/mol. The molecular weight excluding hydrogens is 292 g/mol. The van der Waals surface area contributed by atoms with Gasteiger partial charge in [0.2, 0.25) is 5.91 Å². The molecule has 1 saturated heterocycles. The Kier molecular flexibility index (Phi) is 4.87. The molecule has 1 amide bonds. The Labute approximate surface area is 137 Å². The average molecular weight is 318 g/mol. The number of morpholine rings is 1. The zero-order valence-electron chi connectivity index (χ0n) is 14.0. The molecule has 1 heterocycles. The lowest BCUT2D eigenvalue weighted by atomic mass is 10.0. The Balaban J connectivity index is 1.59. The van der Waals surface area contributed by atoms with E-state index in [9.17, 15) is 4.79 Å². The van der Waals surface area contributed by atoms with Crippen LogP contribution in [0, 0.1) is 5.92 Å². The van der Waals surface area contributed by atoms with Gasteiger partial charge in [-0.15, -0.1) is 0 Å². The molecule has 1 saturated carbocycles. The summed E-state index contributed by atoms with van der Waals surface area (Å²) in [4.78, 5) is 14.9. The van der Waals surface area contributed by atoms with Gasteiger partial charge >= 0.3 is 0 Å². The summed E-state index contributed by atoms with van der Waals surface area (Å²) in [5.41, 5.74) is 0.953. The molecule has 0 spiro atoms. The van der Waals surface area contributed by atoms with E-state index in [4.69, 9.17) is 9.47 Å². The highest BCUT2D eigenvalue weighted by Crippen LogP contribution is 2.46. The molecule has 1 N–H and O–H groups in total. The molecule has 2 aliphatic rings. The van der Waals surface area contributed by atoms with Gasteiger partial charge in [0.1, 0.15) is 5.75 Å². The number of carbonyl (C=O) groups excluding carboxylic acids is 1. The third-order valence-electron chi connectivity index (χ3n) is 4.82. The van der Waals surface area contributed by atoms with Crippen LogP contribution in [0.5, 0.6) is 5.75 Å². The Morgan fingerprint density at radius 3 is 2.78 bits per heavy atom. The van der Waals surface area contributed by atoms with Gasteiger partial charge in [0, 0.05) is 25.6 Å². The van der Waals surface area contributed by atoms with Gasteiger partial charge in [-0.2, -0.15) is 0 Å². The van der Waals surface area contributed by atoms with Crippen LogP contribution in [-0.2, 0) is 15.1 Å². The number of benzene rings is 1. The summed E-state index contributed by atoms with van der Waals surface area (Å²) in [7, 11) is 1.67. The summed E-state index contributed by atoms with van der Waals surface area (Å²) in [5, 5.41) is 3.27. The minimum absolute atomic E-state index is 0.0174. The van der Waals surface area contributed by atoms with E-state index < -0.39 is 0 Å². The van der Waals surface area contributed by atoms with Crippen LogP contribution in [0.15, 0.2) is 24.3 Å². The summed E-state index contributed by atoms with van der Waals surface area (Å²) in [6.45, 7) is 6.16. The molecule has 5 nitrogen and oxygen atoms in total. The fourth-order valence-corrected chi connectivity index (χ4v) is 3.14. The lowest BCUT2D eigenvalue weighted by Gasteiger charge is -2.29. The summed E-state index contributed by atoms with van der Waals surface area (Å²) < 4.78 is 10.7. The fraction of sp³-hybridized carbons (Fsp3) is 0.611. The molecule has 1 aromatic carbocycles. The number of methoxy groups -OCH3 is 1. The second-order valence-corrected chi connectivity index (χ2v) is 6.62. The van der Waals surface area contributed by atoms with E-state index >= 15 is 0 Å². The highest BCUT2D eigenvalue weighted by Gasteiger charge is 2.46. The van der Waals surface area contributed by atoms with Gasteiger partial charge in [-0.3, -0.25) is 9.69 Å². The van der Waals surface area contributed by atoms with Crippen molar-refractivity contribution in [1.29, 1.82) is 0 Å². The van der Waals surface area contributed by atoms with Crippen molar-refractivity contribution in [2.45, 2.75) is 25.3 Å². The largest absolute Gasteiger partial charge is 0.497 e. The molecule has 2 fully saturated rings. The van der Waals surface area contributed by atoms with Crippen molar-refractivity contribution < 1.29 is 14.3 Å². The predicted molar refractivity (Wildman–Crippen MR) is 88.5 cm³/mol. The van der Waals surface area contributed by atoms with Crippen molar-refractivity contribution in [2.24, 2.45) is 5.92 Å². The van der Waals surface area contributed by atoms with E-state index in [0.29, 0.717) is 0 Å². The van der Waals surface area contributed by atoms with Crippen LogP contribution in [0.3, 0.4) is 0 Å². The minimum atomic E-state index is -0.190. The highest BCUT2D eigenvalue weighted by atomic mass is 16.5. The molecule has 1 atom stereocenters. The minimum Gasteiger partial charge on any atom is -0.497 e. The lowest BCUT2D eigenvalue weighted by molar-refractivity contribution is -0.126. The molecule has 23 heavy (non-hydrogen) atoms. The van der Waals surface area contributed by atoms with E-state index in [1.807, 2.05) is 25.1 Å². The standard InChI is InChI=1S/C18H26N2O3/c1-14(13-20-8-10-23-11-9-20)17(21)19-18(6-7-18)15-4-3-5-16(12-15)22-2/h3-5,12,14H,6-11,13H2,1-2H3,(H,19,21). The number of nitrogens with one attached hydrogen (secondary N) is 1. The summed E-state index contributed by atoms with van der Waals surface area (Å²) >= 11 is 0. The number of ether oxygens (including phenoxy) is 2. The van der Waals surface area contributed by atoms with Crippen LogP contribution in [0.25, 0.3) is 0 Å². The molecule has 1 unspecified atom stereocenters. The Hall–Kier alpha value is -1.59. The molecule has 1 aliphatic carbocycles. The lowest BCUT2D eigenvalue weighted by Crippen LogP contribution is -2.45. The van der Waals surface area contributed by atoms with Gasteiger partial charge < -0.3 is 14.8 Å². The topological polar surface area (TPSA) is 50.8 Å². The second-order valence-electron chi connectivity index (χ2n) is 6.62. The van der Waals surface area contributed by atoms with Gasteiger partial charge in [-0.25, -0.2) is 0 Å². The quantitative estimate of drug-likeness (QED) is 0.868. The first-order valence-corrected chi connectivity index (χ1v) is 8.40. The maximum atomic E-state index is 12.6. The Morgan fingerprint density at radius 2 is 2.13 bits per heavy atom. The molecule has 3 rings (SSSR count). The van der Waals surface area contributed by atoms with Gasteiger partial charge in [0.15, 0.2) is 0 Å². The maximum Gasteiger partial charge on any atom is 0.224 e. The third-order valence-corrected chi connectivity index (χ3v) is 4.82. The maximum absolute atomic E-state index is 12.6. The summed E-state index contributed by atoms with van der Waals surface area (Å²) in [5.74, 6) is 0.956. The van der Waals surface area contributed by atoms with Gasteiger partial charge in [-0.1, -0.05) is 19.1 Å². The van der Waals surface area contributed by atoms with Crippen LogP contribution in [0.1, 0.15) is 25.3 Å². The smallest absolute Gasteiger partial charge is 0.224 e. The summed E-state index contributed by atoms with van der Waals surface area (Å²) in [6, 6.07) is 8.02. The SMILES string of the molecule is COc1cccc(C2(NC(=O)C(C)CN3CCOCC3)CC2)c1. The number of hydrogen-bond acceptors (Lipinski definition) is 4. The van der Waals surface area contributed by atoms with Crippen molar-refractivity contribution in [3.8, 4) is 5.75 Å². The van der Waals surface area contributed by atoms with Gasteiger partial charge in [-0.05, 0) is 30.5 Å². The molecule has 0 bridgehead atoms. The second kappa shape index (κ2) is 6.89. The number of carbonyl (C=O) groups is 1. The van der Waals surface area contributed by atoms with E-state index in [-0.39, 0.29) is 17.4 Å². The molecule has 1 aromatic rings. The zero-order chi connectivity index (χ0) is 16.3. The summed E-state index contributed by atoms with van der Waals surface area (Å²) in [6.07, 6.45) is 1.99. The number of hydrogen-bond donors (Lipinski definition) is 1. The van der Waals surface area contributed by atoms with Crippen LogP contribution < -0.4 is 10.1 Å². The van der Waals surface area contributed by atoms with Crippen molar-refractivity contribution in [3.05, 3.63) is 29.8 Å². The molecular formula is C18H26N2O3. The molecule has 126 valence electrons. The first-order chi connectivity index (χ1) is 11.1. The average Bonchev–Trinajstić information content (AvgIpc) is 3.36. The van der Waals surface area contributed by atoms with E-state index in [0.717, 1.165) is 57.0 Å². The van der Waals surface area contributed by atoms with Crippen molar-refractivity contribution in [2.75, 3.05) is 40.0 Å². The van der Waals surface area contributed by atoms with Gasteiger partial charge in [0.25, 0.3) is 0 Å². The fourth-order valence-electron chi connectivity index (χ4n) is 3.14. The first kappa shape index (κ1) is 16.3. The first-order valence-electron chi connectivity index (χ1n) is 8.40. The number of amides is 1. The molecule has 0 aromatic heterocycles. The third kappa shape index (κ3) is 3.85. The van der Waals surface area contributed by atoms with Crippen LogP contribution in [0.2, 0.25) is 0 Å². The predicted octanol–water partition coefficient (Wildman–Crippen LogP) is 1.77. The van der Waals surface area contributed by atoms with Crippen LogP contribution in [0.4, 0.5) is 0 Å². The molecule has 5 heteroatoms. The van der Waals surface area contributed by atoms with Crippen LogP contribution in [-0.4, -0.2) is 50.8 Å². The van der Waals surface area contributed by atoms with Crippen molar-refractivity contribution in [1.82, 2.24) is 10.2 Å². The van der Waals surface area contributed by atoms with Crippen molar-refractivity contribution in [3.63, 3.8) is 0 Å². The number of nitrogens with zero attached hydrogens (tertiary/aromatic N) is 1. The van der Waals surface area contributed by atoms with Crippen molar-refractivity contribution >= 4 is 5.91 Å². The highest BCUT2D eigenvalue weighted by molar-refractivity contribution is 5.80. The zero-order valence-corrected chi connectivity index (χ0v) is 14.0. The number of rotatable bonds is 6. The molecule has 1 aliphatic heterocycles. The van der Waals surface area contributed by atoms with E-state index in [2.05, 4.69) is 16.3 Å². The molecule has 0 radical (unpaired) electrons. The van der Waals surface area contributed by atoms with E-state index in [1.165, 1.54) is 0 Å². The Morgan fingerprint density at radius 1 is 1.39 bits per heavy atom. The van der Waals surface area contributed by atoms with Gasteiger partial charge in [0.05, 0.1) is 25.9 Å². The van der Waals surface area contributed by atoms with E-state index in [1.54, 1.807) is 7.11 Å².